The molecular formula is C31H24Cl2O2S2. The molecule has 3 aliphatic carbocycles. The van der Waals surface area contributed by atoms with Gasteiger partial charge in [0.2, 0.25) is 11.6 Å². The molecule has 4 aromatic rings. The molecular weight excluding hydrogens is 539 g/mol. The van der Waals surface area contributed by atoms with Gasteiger partial charge in [-0.05, 0) is 71.2 Å². The van der Waals surface area contributed by atoms with Crippen LogP contribution in [0, 0.1) is 11.8 Å². The van der Waals surface area contributed by atoms with Gasteiger partial charge in [-0.3, -0.25) is 9.59 Å². The smallest absolute Gasteiger partial charge is 0.204 e. The van der Waals surface area contributed by atoms with Crippen molar-refractivity contribution < 1.29 is 9.59 Å². The Bertz CT molecular complexity index is 1580. The summed E-state index contributed by atoms with van der Waals surface area (Å²) < 4.78 is 0. The minimum absolute atomic E-state index is 0.0663. The van der Waals surface area contributed by atoms with E-state index in [-0.39, 0.29) is 17.0 Å². The molecule has 2 aromatic carbocycles. The minimum atomic E-state index is -0.287. The summed E-state index contributed by atoms with van der Waals surface area (Å²) in [7, 11) is 0. The summed E-state index contributed by atoms with van der Waals surface area (Å²) in [6.07, 6.45) is 1.90. The molecule has 2 aromatic heterocycles. The maximum atomic E-state index is 13.6. The first-order chi connectivity index (χ1) is 17.6. The van der Waals surface area contributed by atoms with Gasteiger partial charge in [-0.25, -0.2) is 0 Å². The Hall–Kier alpha value is -2.24. The Morgan fingerprint density at radius 1 is 0.649 bits per heavy atom. The van der Waals surface area contributed by atoms with Gasteiger partial charge in [0.15, 0.2) is 0 Å². The van der Waals surface area contributed by atoms with E-state index in [1.807, 2.05) is 36.4 Å². The molecule has 2 nitrogen and oxygen atoms in total. The third-order valence-electron chi connectivity index (χ3n) is 7.90. The number of ketones is 2. The Morgan fingerprint density at radius 2 is 1.05 bits per heavy atom. The van der Waals surface area contributed by atoms with Gasteiger partial charge in [-0.1, -0.05) is 63.0 Å². The summed E-state index contributed by atoms with van der Waals surface area (Å²) in [6, 6.07) is 11.4. The number of carbonyl (C=O) groups excluding carboxylic acids is 2. The lowest BCUT2D eigenvalue weighted by Crippen LogP contribution is -2.30. The van der Waals surface area contributed by atoms with Crippen molar-refractivity contribution in [3.05, 3.63) is 78.5 Å². The lowest BCUT2D eigenvalue weighted by atomic mass is 9.66. The van der Waals surface area contributed by atoms with Gasteiger partial charge in [0, 0.05) is 37.7 Å². The van der Waals surface area contributed by atoms with Crippen molar-refractivity contribution in [2.45, 2.75) is 46.0 Å². The molecule has 186 valence electrons. The van der Waals surface area contributed by atoms with Crippen LogP contribution in [0.5, 0.6) is 0 Å². The fraction of sp³-hybridized carbons (Fsp3) is 0.290. The van der Waals surface area contributed by atoms with Crippen LogP contribution in [-0.2, 0) is 5.41 Å². The summed E-state index contributed by atoms with van der Waals surface area (Å²) >= 11 is 15.8. The number of hydrogen-bond acceptors (Lipinski definition) is 4. The molecule has 0 saturated heterocycles. The average molecular weight is 564 g/mol. The summed E-state index contributed by atoms with van der Waals surface area (Å²) in [6.45, 7) is 9.10. The predicted octanol–water partition coefficient (Wildman–Crippen LogP) is 9.90. The Kier molecular flexibility index (Phi) is 5.09. The highest BCUT2D eigenvalue weighted by molar-refractivity contribution is 7.25. The number of carbonyl (C=O) groups is 2. The van der Waals surface area contributed by atoms with Crippen LogP contribution in [0.3, 0.4) is 0 Å². The van der Waals surface area contributed by atoms with Crippen LogP contribution in [-0.4, -0.2) is 11.6 Å². The van der Waals surface area contributed by atoms with Crippen LogP contribution in [0.25, 0.3) is 32.0 Å². The van der Waals surface area contributed by atoms with E-state index in [0.29, 0.717) is 33.0 Å². The van der Waals surface area contributed by atoms with E-state index in [1.54, 1.807) is 22.7 Å². The number of rotatable bonds is 4. The quantitative estimate of drug-likeness (QED) is 0.214. The average Bonchev–Trinajstić information content (AvgIpc) is 3.56. The van der Waals surface area contributed by atoms with Crippen LogP contribution in [0.4, 0.5) is 0 Å². The van der Waals surface area contributed by atoms with E-state index in [2.05, 4.69) is 27.7 Å². The normalized spacial score (nSPS) is 15.8. The number of fused-ring (bicyclic) bond motifs is 11. The fourth-order valence-electron chi connectivity index (χ4n) is 7.03. The van der Waals surface area contributed by atoms with Crippen LogP contribution in [0.1, 0.15) is 82.1 Å². The first-order valence-electron chi connectivity index (χ1n) is 12.7. The SMILES string of the molecule is CC(C)CC1(CC(C)C)c2c(sc3c2-c2ccc(Cl)cc2C3=O)-c2sc3c(c21)-c1ccc(Cl)cc1C3=O. The molecule has 0 atom stereocenters. The standard InChI is InChI=1S/C31H24Cl2O2S2/c1-13(2)11-31(12-14(3)4)23-21-17-7-5-15(32)9-19(17)25(34)27(21)36-29(23)30-24(31)22-18-8-6-16(33)10-20(18)26(35)28(22)37-30/h5-10,13-14H,11-12H2,1-4H3. The monoisotopic (exact) mass is 562 g/mol. The highest BCUT2D eigenvalue weighted by Gasteiger charge is 2.54. The Morgan fingerprint density at radius 3 is 1.43 bits per heavy atom. The Labute approximate surface area is 234 Å². The second-order valence-corrected chi connectivity index (χ2v) is 14.3. The zero-order valence-electron chi connectivity index (χ0n) is 20.9. The van der Waals surface area contributed by atoms with Gasteiger partial charge in [-0.15, -0.1) is 22.7 Å². The highest BCUT2D eigenvalue weighted by Crippen LogP contribution is 2.68. The van der Waals surface area contributed by atoms with Gasteiger partial charge in [-0.2, -0.15) is 0 Å². The number of benzene rings is 2. The number of hydrogen-bond donors (Lipinski definition) is 0. The molecule has 0 N–H and O–H groups in total. The van der Waals surface area contributed by atoms with Crippen LogP contribution in [0.2, 0.25) is 10.0 Å². The number of thiophene rings is 2. The number of halogens is 2. The zero-order chi connectivity index (χ0) is 26.0. The molecule has 2 heterocycles. The lowest BCUT2D eigenvalue weighted by Gasteiger charge is -2.36. The van der Waals surface area contributed by atoms with E-state index in [9.17, 15) is 9.59 Å². The minimum Gasteiger partial charge on any atom is -0.288 e. The maximum absolute atomic E-state index is 13.6. The molecule has 0 amide bonds. The third-order valence-corrected chi connectivity index (χ3v) is 10.9. The summed E-state index contributed by atoms with van der Waals surface area (Å²) in [5, 5.41) is 1.17. The van der Waals surface area contributed by atoms with Crippen LogP contribution < -0.4 is 0 Å². The van der Waals surface area contributed by atoms with Crippen molar-refractivity contribution in [3.8, 4) is 32.0 Å². The van der Waals surface area contributed by atoms with Crippen molar-refractivity contribution in [1.82, 2.24) is 0 Å². The highest BCUT2D eigenvalue weighted by atomic mass is 35.5. The molecule has 3 aliphatic rings. The molecule has 0 unspecified atom stereocenters. The van der Waals surface area contributed by atoms with E-state index < -0.39 is 0 Å². The van der Waals surface area contributed by atoms with Crippen LogP contribution >= 0.6 is 45.9 Å². The molecule has 0 fully saturated rings. The molecule has 0 bridgehead atoms. The Balaban J connectivity index is 1.60. The van der Waals surface area contributed by atoms with Crippen molar-refractivity contribution in [2.75, 3.05) is 0 Å². The second-order valence-electron chi connectivity index (χ2n) is 11.3. The van der Waals surface area contributed by atoms with Crippen molar-refractivity contribution in [2.24, 2.45) is 11.8 Å². The van der Waals surface area contributed by atoms with Gasteiger partial charge < -0.3 is 0 Å². The zero-order valence-corrected chi connectivity index (χ0v) is 24.1. The lowest BCUT2D eigenvalue weighted by molar-refractivity contribution is 0.103. The van der Waals surface area contributed by atoms with E-state index in [1.165, 1.54) is 20.9 Å². The van der Waals surface area contributed by atoms with E-state index >= 15 is 0 Å². The summed E-state index contributed by atoms with van der Waals surface area (Å²) in [5.41, 5.74) is 7.88. The largest absolute Gasteiger partial charge is 0.288 e. The molecule has 37 heavy (non-hydrogen) atoms. The molecule has 7 rings (SSSR count). The fourth-order valence-corrected chi connectivity index (χ4v) is 10.3. The van der Waals surface area contributed by atoms with Crippen molar-refractivity contribution in [3.63, 3.8) is 0 Å². The van der Waals surface area contributed by atoms with Crippen molar-refractivity contribution >= 4 is 57.4 Å². The first kappa shape index (κ1) is 23.8. The summed E-state index contributed by atoms with van der Waals surface area (Å²) in [4.78, 5) is 31.2. The third kappa shape index (κ3) is 3.04. The second kappa shape index (κ2) is 7.89. The predicted molar refractivity (Wildman–Crippen MR) is 155 cm³/mol. The van der Waals surface area contributed by atoms with Gasteiger partial charge >= 0.3 is 0 Å². The van der Waals surface area contributed by atoms with E-state index in [0.717, 1.165) is 44.8 Å². The summed E-state index contributed by atoms with van der Waals surface area (Å²) in [5.74, 6) is 0.979. The van der Waals surface area contributed by atoms with Crippen LogP contribution in [0.15, 0.2) is 36.4 Å². The van der Waals surface area contributed by atoms with Gasteiger partial charge in [0.05, 0.1) is 19.5 Å². The van der Waals surface area contributed by atoms with E-state index in [4.69, 9.17) is 23.2 Å². The molecule has 0 radical (unpaired) electrons. The molecule has 0 aliphatic heterocycles. The van der Waals surface area contributed by atoms with Crippen molar-refractivity contribution in [1.29, 1.82) is 0 Å². The molecule has 0 spiro atoms. The topological polar surface area (TPSA) is 34.1 Å². The van der Waals surface area contributed by atoms with Gasteiger partial charge in [0.25, 0.3) is 0 Å². The first-order valence-corrected chi connectivity index (χ1v) is 15.1. The maximum Gasteiger partial charge on any atom is 0.204 e. The van der Waals surface area contributed by atoms with Gasteiger partial charge in [0.1, 0.15) is 0 Å². The molecule has 0 saturated carbocycles. The molecule has 6 heteroatoms.